The molecule has 0 aliphatic rings. The Kier molecular flexibility index (Phi) is 3.93. The molecule has 0 atom stereocenters. The van der Waals surface area contributed by atoms with Crippen LogP contribution in [0, 0.1) is 18.3 Å². The third-order valence-corrected chi connectivity index (χ3v) is 3.07. The molecule has 0 bridgehead atoms. The van der Waals surface area contributed by atoms with Crippen molar-refractivity contribution in [3.05, 3.63) is 57.8 Å². The van der Waals surface area contributed by atoms with E-state index in [2.05, 4.69) is 26.2 Å². The Morgan fingerprint density at radius 2 is 2.21 bits per heavy atom. The van der Waals surface area contributed by atoms with Crippen LogP contribution in [0.4, 0.5) is 5.69 Å². The van der Waals surface area contributed by atoms with Crippen molar-refractivity contribution in [2.24, 2.45) is 0 Å². The molecule has 1 aromatic heterocycles. The molecule has 1 N–H and O–H groups in total. The van der Waals surface area contributed by atoms with Crippen LogP contribution >= 0.6 is 15.9 Å². The van der Waals surface area contributed by atoms with Crippen LogP contribution in [-0.4, -0.2) is 10.9 Å². The molecule has 19 heavy (non-hydrogen) atoms. The summed E-state index contributed by atoms with van der Waals surface area (Å²) in [6.45, 7) is 1.81. The van der Waals surface area contributed by atoms with Crippen molar-refractivity contribution in [3.8, 4) is 6.07 Å². The Morgan fingerprint density at radius 1 is 1.42 bits per heavy atom. The fourth-order valence-corrected chi connectivity index (χ4v) is 1.98. The fraction of sp³-hybridized carbons (Fsp3) is 0.0714. The zero-order chi connectivity index (χ0) is 13.8. The van der Waals surface area contributed by atoms with Crippen LogP contribution < -0.4 is 5.32 Å². The molecule has 0 radical (unpaired) electrons. The lowest BCUT2D eigenvalue weighted by atomic mass is 10.1. The van der Waals surface area contributed by atoms with Gasteiger partial charge in [-0.25, -0.2) is 0 Å². The summed E-state index contributed by atoms with van der Waals surface area (Å²) in [7, 11) is 0. The molecule has 2 rings (SSSR count). The monoisotopic (exact) mass is 315 g/mol. The molecule has 1 amide bonds. The molecule has 1 aromatic carbocycles. The summed E-state index contributed by atoms with van der Waals surface area (Å²) in [5.74, 6) is -0.326. The molecule has 0 spiro atoms. The predicted octanol–water partition coefficient (Wildman–Crippen LogP) is 3.28. The van der Waals surface area contributed by atoms with Crippen LogP contribution in [-0.2, 0) is 0 Å². The number of hydrogen-bond donors (Lipinski definition) is 1. The maximum Gasteiger partial charge on any atom is 0.274 e. The van der Waals surface area contributed by atoms with E-state index in [-0.39, 0.29) is 5.91 Å². The Balaban J connectivity index is 2.32. The summed E-state index contributed by atoms with van der Waals surface area (Å²) in [4.78, 5) is 16.2. The molecule has 1 heterocycles. The van der Waals surface area contributed by atoms with Gasteiger partial charge < -0.3 is 5.32 Å². The quantitative estimate of drug-likeness (QED) is 0.924. The average molecular weight is 316 g/mol. The van der Waals surface area contributed by atoms with Crippen molar-refractivity contribution in [1.82, 2.24) is 4.98 Å². The number of aromatic nitrogens is 1. The summed E-state index contributed by atoms with van der Waals surface area (Å²) < 4.78 is 0.791. The van der Waals surface area contributed by atoms with Gasteiger partial charge in [0, 0.05) is 10.7 Å². The third kappa shape index (κ3) is 2.98. The van der Waals surface area contributed by atoms with Crippen LogP contribution in [0.3, 0.4) is 0 Å². The standard InChI is InChI=1S/C14H10BrN3O/c1-9-3-2-6-17-13(9)14(19)18-12-7-11(15)5-4-10(12)8-16/h2-7H,1H3,(H,18,19). The van der Waals surface area contributed by atoms with E-state index in [9.17, 15) is 4.79 Å². The summed E-state index contributed by atoms with van der Waals surface area (Å²) in [6, 6.07) is 10.7. The Morgan fingerprint density at radius 3 is 2.89 bits per heavy atom. The number of nitriles is 1. The minimum absolute atomic E-state index is 0.326. The van der Waals surface area contributed by atoms with Crippen molar-refractivity contribution >= 4 is 27.5 Å². The second kappa shape index (κ2) is 5.63. The number of carbonyl (C=O) groups excluding carboxylic acids is 1. The highest BCUT2D eigenvalue weighted by Gasteiger charge is 2.12. The molecule has 0 unspecified atom stereocenters. The highest BCUT2D eigenvalue weighted by Crippen LogP contribution is 2.21. The van der Waals surface area contributed by atoms with Crippen molar-refractivity contribution in [2.75, 3.05) is 5.32 Å². The smallest absolute Gasteiger partial charge is 0.274 e. The number of aryl methyl sites for hydroxylation is 1. The van der Waals surface area contributed by atoms with E-state index in [1.165, 1.54) is 0 Å². The van der Waals surface area contributed by atoms with Gasteiger partial charge in [-0.1, -0.05) is 22.0 Å². The van der Waals surface area contributed by atoms with Crippen molar-refractivity contribution in [1.29, 1.82) is 5.26 Å². The lowest BCUT2D eigenvalue weighted by molar-refractivity contribution is 0.102. The Bertz CT molecular complexity index is 677. The minimum Gasteiger partial charge on any atom is -0.319 e. The molecule has 4 nitrogen and oxygen atoms in total. The first kappa shape index (κ1) is 13.2. The van der Waals surface area contributed by atoms with Gasteiger partial charge in [-0.2, -0.15) is 5.26 Å². The molecular weight excluding hydrogens is 306 g/mol. The first-order chi connectivity index (χ1) is 9.11. The number of nitrogens with zero attached hydrogens (tertiary/aromatic N) is 2. The number of hydrogen-bond acceptors (Lipinski definition) is 3. The van der Waals surface area contributed by atoms with Crippen LogP contribution in [0.2, 0.25) is 0 Å². The largest absolute Gasteiger partial charge is 0.319 e. The molecule has 0 saturated carbocycles. The number of halogens is 1. The molecule has 5 heteroatoms. The lowest BCUT2D eigenvalue weighted by Gasteiger charge is -2.08. The van der Waals surface area contributed by atoms with Gasteiger partial charge >= 0.3 is 0 Å². The van der Waals surface area contributed by atoms with E-state index in [1.54, 1.807) is 30.5 Å². The summed E-state index contributed by atoms with van der Waals surface area (Å²) in [5.41, 5.74) is 2.01. The SMILES string of the molecule is Cc1cccnc1C(=O)Nc1cc(Br)ccc1C#N. The number of rotatable bonds is 2. The van der Waals surface area contributed by atoms with Gasteiger partial charge in [0.05, 0.1) is 11.3 Å². The van der Waals surface area contributed by atoms with E-state index in [1.807, 2.05) is 19.1 Å². The highest BCUT2D eigenvalue weighted by molar-refractivity contribution is 9.10. The van der Waals surface area contributed by atoms with Crippen LogP contribution in [0.1, 0.15) is 21.6 Å². The van der Waals surface area contributed by atoms with Gasteiger partial charge in [0.2, 0.25) is 0 Å². The van der Waals surface area contributed by atoms with Crippen LogP contribution in [0.25, 0.3) is 0 Å². The highest BCUT2D eigenvalue weighted by atomic mass is 79.9. The second-order valence-electron chi connectivity index (χ2n) is 3.92. The number of anilines is 1. The number of benzene rings is 1. The van der Waals surface area contributed by atoms with Crippen molar-refractivity contribution in [2.45, 2.75) is 6.92 Å². The van der Waals surface area contributed by atoms with Gasteiger partial charge in [-0.05, 0) is 36.8 Å². The lowest BCUT2D eigenvalue weighted by Crippen LogP contribution is -2.15. The fourth-order valence-electron chi connectivity index (χ4n) is 1.62. The van der Waals surface area contributed by atoms with Gasteiger partial charge in [0.15, 0.2) is 0 Å². The van der Waals surface area contributed by atoms with Gasteiger partial charge in [-0.15, -0.1) is 0 Å². The first-order valence-electron chi connectivity index (χ1n) is 5.54. The molecule has 94 valence electrons. The normalized spacial score (nSPS) is 9.74. The van der Waals surface area contributed by atoms with Gasteiger partial charge in [0.1, 0.15) is 11.8 Å². The number of amides is 1. The maximum absolute atomic E-state index is 12.1. The molecule has 0 fully saturated rings. The number of carbonyl (C=O) groups is 1. The molecule has 0 aliphatic heterocycles. The molecule has 0 aliphatic carbocycles. The van der Waals surface area contributed by atoms with E-state index in [0.717, 1.165) is 10.0 Å². The maximum atomic E-state index is 12.1. The van der Waals surface area contributed by atoms with Gasteiger partial charge in [0.25, 0.3) is 5.91 Å². The predicted molar refractivity (Wildman–Crippen MR) is 75.8 cm³/mol. The number of pyridine rings is 1. The number of nitrogens with one attached hydrogen (secondary N) is 1. The second-order valence-corrected chi connectivity index (χ2v) is 4.84. The zero-order valence-corrected chi connectivity index (χ0v) is 11.7. The van der Waals surface area contributed by atoms with Crippen molar-refractivity contribution < 1.29 is 4.79 Å². The van der Waals surface area contributed by atoms with E-state index in [4.69, 9.17) is 5.26 Å². The molecule has 2 aromatic rings. The Labute approximate surface area is 119 Å². The zero-order valence-electron chi connectivity index (χ0n) is 10.1. The minimum atomic E-state index is -0.326. The topological polar surface area (TPSA) is 65.8 Å². The van der Waals surface area contributed by atoms with E-state index >= 15 is 0 Å². The first-order valence-corrected chi connectivity index (χ1v) is 6.33. The summed E-state index contributed by atoms with van der Waals surface area (Å²) in [6.07, 6.45) is 1.56. The molecule has 0 saturated heterocycles. The summed E-state index contributed by atoms with van der Waals surface area (Å²) >= 11 is 3.31. The summed E-state index contributed by atoms with van der Waals surface area (Å²) in [5, 5.41) is 11.7. The van der Waals surface area contributed by atoms with E-state index in [0.29, 0.717) is 16.9 Å². The van der Waals surface area contributed by atoms with Crippen LogP contribution in [0.15, 0.2) is 41.0 Å². The average Bonchev–Trinajstić information content (AvgIpc) is 2.39. The third-order valence-electron chi connectivity index (χ3n) is 2.57. The molecular formula is C14H10BrN3O. The van der Waals surface area contributed by atoms with Crippen LogP contribution in [0.5, 0.6) is 0 Å². The van der Waals surface area contributed by atoms with Crippen molar-refractivity contribution in [3.63, 3.8) is 0 Å². The van der Waals surface area contributed by atoms with E-state index < -0.39 is 0 Å². The Hall–Kier alpha value is -2.19. The van der Waals surface area contributed by atoms with Gasteiger partial charge in [-0.3, -0.25) is 9.78 Å².